The number of rotatable bonds is 5. The van der Waals surface area contributed by atoms with E-state index in [9.17, 15) is 10.1 Å². The van der Waals surface area contributed by atoms with E-state index in [1.165, 1.54) is 0 Å². The summed E-state index contributed by atoms with van der Waals surface area (Å²) in [6.07, 6.45) is 0.0390. The SMILES string of the molecule is CC(C)Oc1ccc(C(=O)Oc2ccc3c(c2)OC(N)=C(C#N)C3c2cccc(Cl)c2)cc1. The van der Waals surface area contributed by atoms with Crippen LogP contribution in [0.4, 0.5) is 0 Å². The molecule has 1 aliphatic rings. The summed E-state index contributed by atoms with van der Waals surface area (Å²) < 4.78 is 16.8. The Morgan fingerprint density at radius 3 is 2.48 bits per heavy atom. The second-order valence-corrected chi connectivity index (χ2v) is 8.20. The summed E-state index contributed by atoms with van der Waals surface area (Å²) in [5, 5.41) is 10.2. The molecule has 1 atom stereocenters. The minimum Gasteiger partial charge on any atom is -0.491 e. The Hall–Kier alpha value is -3.95. The van der Waals surface area contributed by atoms with Crippen LogP contribution in [0.15, 0.2) is 78.2 Å². The van der Waals surface area contributed by atoms with E-state index >= 15 is 0 Å². The normalized spacial score (nSPS) is 14.8. The molecule has 4 rings (SSSR count). The summed E-state index contributed by atoms with van der Waals surface area (Å²) in [5.74, 6) is 0.400. The zero-order chi connectivity index (χ0) is 23.5. The molecule has 2 N–H and O–H groups in total. The topological polar surface area (TPSA) is 94.6 Å². The van der Waals surface area contributed by atoms with E-state index in [1.807, 2.05) is 26.0 Å². The van der Waals surface area contributed by atoms with Crippen LogP contribution in [0.1, 0.15) is 41.3 Å². The number of nitrogens with two attached hydrogens (primary N) is 1. The van der Waals surface area contributed by atoms with Gasteiger partial charge in [0, 0.05) is 16.7 Å². The number of fused-ring (bicyclic) bond motifs is 1. The summed E-state index contributed by atoms with van der Waals surface area (Å²) in [7, 11) is 0. The van der Waals surface area contributed by atoms with Gasteiger partial charge < -0.3 is 19.9 Å². The van der Waals surface area contributed by atoms with Crippen molar-refractivity contribution < 1.29 is 19.0 Å². The maximum atomic E-state index is 12.6. The number of carbonyl (C=O) groups is 1. The number of halogens is 1. The number of carbonyl (C=O) groups excluding carboxylic acids is 1. The Morgan fingerprint density at radius 1 is 1.09 bits per heavy atom. The molecular formula is C26H21ClN2O4. The number of allylic oxidation sites excluding steroid dienone is 1. The Morgan fingerprint density at radius 2 is 1.82 bits per heavy atom. The van der Waals surface area contributed by atoms with Crippen molar-refractivity contribution in [2.24, 2.45) is 5.73 Å². The summed E-state index contributed by atoms with van der Waals surface area (Å²) in [6, 6.07) is 21.1. The third-order valence-corrected chi connectivity index (χ3v) is 5.28. The lowest BCUT2D eigenvalue weighted by Gasteiger charge is -2.26. The highest BCUT2D eigenvalue weighted by Crippen LogP contribution is 2.43. The minimum absolute atomic E-state index is 0.000747. The van der Waals surface area contributed by atoms with Crippen molar-refractivity contribution in [3.05, 3.63) is 99.9 Å². The van der Waals surface area contributed by atoms with Crippen LogP contribution in [0, 0.1) is 11.3 Å². The predicted molar refractivity (Wildman–Crippen MR) is 124 cm³/mol. The van der Waals surface area contributed by atoms with Crippen LogP contribution in [0.3, 0.4) is 0 Å². The van der Waals surface area contributed by atoms with Gasteiger partial charge in [0.05, 0.1) is 17.6 Å². The molecule has 33 heavy (non-hydrogen) atoms. The minimum atomic E-state index is -0.519. The maximum Gasteiger partial charge on any atom is 0.343 e. The monoisotopic (exact) mass is 460 g/mol. The molecule has 0 saturated heterocycles. The molecule has 0 radical (unpaired) electrons. The fourth-order valence-electron chi connectivity index (χ4n) is 3.64. The van der Waals surface area contributed by atoms with Gasteiger partial charge in [-0.3, -0.25) is 0 Å². The van der Waals surface area contributed by atoms with Gasteiger partial charge in [-0.25, -0.2) is 4.79 Å². The quantitative estimate of drug-likeness (QED) is 0.395. The molecule has 0 spiro atoms. The van der Waals surface area contributed by atoms with E-state index in [1.54, 1.807) is 54.6 Å². The lowest BCUT2D eigenvalue weighted by atomic mass is 9.83. The van der Waals surface area contributed by atoms with Crippen molar-refractivity contribution in [1.29, 1.82) is 5.26 Å². The van der Waals surface area contributed by atoms with Crippen LogP contribution in [0.25, 0.3) is 0 Å². The van der Waals surface area contributed by atoms with Gasteiger partial charge in [-0.05, 0) is 61.9 Å². The largest absolute Gasteiger partial charge is 0.491 e. The molecule has 0 saturated carbocycles. The van der Waals surface area contributed by atoms with E-state index in [4.69, 9.17) is 31.5 Å². The van der Waals surface area contributed by atoms with Crippen molar-refractivity contribution in [3.63, 3.8) is 0 Å². The van der Waals surface area contributed by atoms with Crippen LogP contribution in [0.5, 0.6) is 17.2 Å². The highest BCUT2D eigenvalue weighted by atomic mass is 35.5. The molecule has 0 amide bonds. The Labute approximate surface area is 196 Å². The van der Waals surface area contributed by atoms with Crippen LogP contribution < -0.4 is 19.9 Å². The Balaban J connectivity index is 1.61. The third kappa shape index (κ3) is 4.79. The molecule has 3 aromatic rings. The first-order valence-electron chi connectivity index (χ1n) is 10.3. The first-order chi connectivity index (χ1) is 15.9. The van der Waals surface area contributed by atoms with Crippen molar-refractivity contribution in [2.75, 3.05) is 0 Å². The van der Waals surface area contributed by atoms with Crippen molar-refractivity contribution >= 4 is 17.6 Å². The average Bonchev–Trinajstić information content (AvgIpc) is 2.78. The molecule has 0 aromatic heterocycles. The van der Waals surface area contributed by atoms with Gasteiger partial charge in [0.2, 0.25) is 5.88 Å². The van der Waals surface area contributed by atoms with Crippen molar-refractivity contribution in [3.8, 4) is 23.3 Å². The second-order valence-electron chi connectivity index (χ2n) is 7.76. The zero-order valence-electron chi connectivity index (χ0n) is 18.0. The second kappa shape index (κ2) is 9.27. The molecule has 7 heteroatoms. The number of hydrogen-bond donors (Lipinski definition) is 1. The molecule has 1 heterocycles. The van der Waals surface area contributed by atoms with Gasteiger partial charge in [-0.15, -0.1) is 0 Å². The molecule has 1 unspecified atom stereocenters. The van der Waals surface area contributed by atoms with E-state index in [0.717, 1.165) is 11.1 Å². The van der Waals surface area contributed by atoms with Gasteiger partial charge >= 0.3 is 5.97 Å². The van der Waals surface area contributed by atoms with Gasteiger partial charge in [-0.2, -0.15) is 5.26 Å². The molecule has 166 valence electrons. The summed E-state index contributed by atoms with van der Waals surface area (Å²) in [6.45, 7) is 3.86. The maximum absolute atomic E-state index is 12.6. The molecular weight excluding hydrogens is 440 g/mol. The van der Waals surface area contributed by atoms with E-state index in [-0.39, 0.29) is 12.0 Å². The molecule has 6 nitrogen and oxygen atoms in total. The highest BCUT2D eigenvalue weighted by molar-refractivity contribution is 6.30. The van der Waals surface area contributed by atoms with Crippen LogP contribution in [0.2, 0.25) is 5.02 Å². The van der Waals surface area contributed by atoms with Gasteiger partial charge in [0.1, 0.15) is 28.9 Å². The fourth-order valence-corrected chi connectivity index (χ4v) is 3.83. The van der Waals surface area contributed by atoms with E-state index in [0.29, 0.717) is 33.4 Å². The first-order valence-corrected chi connectivity index (χ1v) is 10.7. The lowest BCUT2D eigenvalue weighted by molar-refractivity contribution is 0.0734. The number of benzene rings is 3. The lowest BCUT2D eigenvalue weighted by Crippen LogP contribution is -2.21. The summed E-state index contributed by atoms with van der Waals surface area (Å²) in [5.41, 5.74) is 8.24. The Kier molecular flexibility index (Phi) is 6.25. The van der Waals surface area contributed by atoms with Crippen molar-refractivity contribution in [1.82, 2.24) is 0 Å². The molecule has 3 aromatic carbocycles. The smallest absolute Gasteiger partial charge is 0.343 e. The van der Waals surface area contributed by atoms with Crippen LogP contribution in [-0.4, -0.2) is 12.1 Å². The average molecular weight is 461 g/mol. The van der Waals surface area contributed by atoms with Crippen molar-refractivity contribution in [2.45, 2.75) is 25.9 Å². The Bertz CT molecular complexity index is 1280. The number of ether oxygens (including phenoxy) is 3. The predicted octanol–water partition coefficient (Wildman–Crippen LogP) is 5.56. The molecule has 0 bridgehead atoms. The van der Waals surface area contributed by atoms with Gasteiger partial charge in [-0.1, -0.05) is 29.8 Å². The fraction of sp³-hybridized carbons (Fsp3) is 0.154. The highest BCUT2D eigenvalue weighted by Gasteiger charge is 2.31. The summed E-state index contributed by atoms with van der Waals surface area (Å²) in [4.78, 5) is 12.6. The number of nitriles is 1. The third-order valence-electron chi connectivity index (χ3n) is 5.04. The molecule has 0 fully saturated rings. The van der Waals surface area contributed by atoms with Crippen LogP contribution in [-0.2, 0) is 0 Å². The standard InChI is InChI=1S/C26H21ClN2O4/c1-15(2)31-19-8-6-16(7-9-19)26(30)32-20-10-11-21-23(13-20)33-25(29)22(14-28)24(21)17-4-3-5-18(27)12-17/h3-13,15,24H,29H2,1-2H3. The molecule has 0 aliphatic carbocycles. The van der Waals surface area contributed by atoms with E-state index < -0.39 is 11.9 Å². The van der Waals surface area contributed by atoms with Gasteiger partial charge in [0.15, 0.2) is 0 Å². The van der Waals surface area contributed by atoms with Crippen LogP contribution >= 0.6 is 11.6 Å². The summed E-state index contributed by atoms with van der Waals surface area (Å²) >= 11 is 6.17. The number of esters is 1. The first kappa shape index (κ1) is 22.3. The zero-order valence-corrected chi connectivity index (χ0v) is 18.8. The van der Waals surface area contributed by atoms with E-state index in [2.05, 4.69) is 6.07 Å². The molecule has 1 aliphatic heterocycles. The van der Waals surface area contributed by atoms with Gasteiger partial charge in [0.25, 0.3) is 0 Å². The number of hydrogen-bond acceptors (Lipinski definition) is 6. The number of nitrogens with zero attached hydrogens (tertiary/aromatic N) is 1.